The fourth-order valence-corrected chi connectivity index (χ4v) is 5.09. The smallest absolute Gasteiger partial charge is 0.140 e. The first-order valence-corrected chi connectivity index (χ1v) is 6.41. The van der Waals surface area contributed by atoms with Crippen molar-refractivity contribution in [3.8, 4) is 0 Å². The lowest BCUT2D eigenvalue weighted by molar-refractivity contribution is -0.183. The number of carbonyl (C=O) groups is 2. The predicted octanol–water partition coefficient (Wildman–Crippen LogP) is 2.75. The van der Waals surface area contributed by atoms with Gasteiger partial charge < -0.3 is 0 Å². The predicted molar refractivity (Wildman–Crippen MR) is 60.9 cm³/mol. The highest BCUT2D eigenvalue weighted by Crippen LogP contribution is 2.75. The molecule has 0 unspecified atom stereocenters. The number of ketones is 2. The first-order chi connectivity index (χ1) is 7.34. The summed E-state index contributed by atoms with van der Waals surface area (Å²) in [5.74, 6) is 1.20. The van der Waals surface area contributed by atoms with Crippen molar-refractivity contribution < 1.29 is 9.59 Å². The molecule has 88 valence electrons. The molecule has 0 amide bonds. The van der Waals surface area contributed by atoms with Crippen LogP contribution in [0.4, 0.5) is 0 Å². The van der Waals surface area contributed by atoms with Crippen LogP contribution in [0.1, 0.15) is 52.9 Å². The zero-order chi connectivity index (χ0) is 11.8. The number of rotatable bonds is 0. The molecule has 0 aliphatic heterocycles. The van der Waals surface area contributed by atoms with Crippen molar-refractivity contribution >= 4 is 11.6 Å². The lowest BCUT2D eigenvalue weighted by Crippen LogP contribution is -2.64. The van der Waals surface area contributed by atoms with Crippen LogP contribution in [-0.2, 0) is 9.59 Å². The molecule has 2 heteroatoms. The topological polar surface area (TPSA) is 34.1 Å². The Morgan fingerprint density at radius 2 is 1.69 bits per heavy atom. The van der Waals surface area contributed by atoms with Gasteiger partial charge in [0.15, 0.2) is 0 Å². The van der Waals surface area contributed by atoms with E-state index in [0.29, 0.717) is 30.3 Å². The van der Waals surface area contributed by atoms with Crippen LogP contribution in [0, 0.1) is 22.2 Å². The summed E-state index contributed by atoms with van der Waals surface area (Å²) < 4.78 is 0. The summed E-state index contributed by atoms with van der Waals surface area (Å²) in [6, 6.07) is 0. The van der Waals surface area contributed by atoms with Gasteiger partial charge in [0.1, 0.15) is 11.6 Å². The van der Waals surface area contributed by atoms with E-state index in [2.05, 4.69) is 20.8 Å². The summed E-state index contributed by atoms with van der Waals surface area (Å²) in [5, 5.41) is 0. The Morgan fingerprint density at radius 1 is 1.06 bits per heavy atom. The molecule has 3 atom stereocenters. The van der Waals surface area contributed by atoms with Gasteiger partial charge in [-0.3, -0.25) is 9.59 Å². The Bertz CT molecular complexity index is 396. The van der Waals surface area contributed by atoms with Crippen molar-refractivity contribution in [1.29, 1.82) is 0 Å². The highest BCUT2D eigenvalue weighted by molar-refractivity contribution is 6.02. The van der Waals surface area contributed by atoms with Gasteiger partial charge in [0.2, 0.25) is 0 Å². The van der Waals surface area contributed by atoms with Gasteiger partial charge in [-0.1, -0.05) is 20.8 Å². The molecule has 0 aromatic rings. The minimum Gasteiger partial charge on any atom is -0.299 e. The van der Waals surface area contributed by atoms with Crippen LogP contribution in [0.5, 0.6) is 0 Å². The van der Waals surface area contributed by atoms with Crippen LogP contribution in [0.2, 0.25) is 0 Å². The number of Topliss-reactive ketones (excluding diaryl/α,β-unsaturated/α-hetero) is 2. The van der Waals surface area contributed by atoms with E-state index in [4.69, 9.17) is 0 Å². The molecule has 1 spiro atoms. The van der Waals surface area contributed by atoms with Crippen molar-refractivity contribution in [2.45, 2.75) is 52.9 Å². The molecule has 16 heavy (non-hydrogen) atoms. The van der Waals surface area contributed by atoms with Crippen molar-refractivity contribution in [2.75, 3.05) is 0 Å². The van der Waals surface area contributed by atoms with Gasteiger partial charge in [-0.25, -0.2) is 0 Å². The molecule has 0 N–H and O–H groups in total. The monoisotopic (exact) mass is 220 g/mol. The number of carbonyl (C=O) groups excluding carboxylic acids is 2. The summed E-state index contributed by atoms with van der Waals surface area (Å²) in [6.45, 7) is 6.56. The molecule has 3 rings (SSSR count). The maximum absolute atomic E-state index is 12.3. The SMILES string of the molecule is CC1(C)C[C@@]23C(=O)CCC(=O)[C@]2(C)CC[C@@H]13. The minimum absolute atomic E-state index is 0.258. The van der Waals surface area contributed by atoms with E-state index in [0.717, 1.165) is 19.3 Å². The molecule has 3 aliphatic rings. The van der Waals surface area contributed by atoms with Crippen LogP contribution >= 0.6 is 0 Å². The molecule has 2 nitrogen and oxygen atoms in total. The summed E-state index contributed by atoms with van der Waals surface area (Å²) in [4.78, 5) is 24.5. The van der Waals surface area contributed by atoms with E-state index in [1.54, 1.807) is 0 Å². The second kappa shape index (κ2) is 2.60. The van der Waals surface area contributed by atoms with Crippen LogP contribution in [-0.4, -0.2) is 11.6 Å². The lowest BCUT2D eigenvalue weighted by atomic mass is 9.39. The molecule has 3 aliphatic carbocycles. The summed E-state index contributed by atoms with van der Waals surface area (Å²) in [6.07, 6.45) is 3.93. The highest BCUT2D eigenvalue weighted by atomic mass is 16.1. The van der Waals surface area contributed by atoms with Gasteiger partial charge >= 0.3 is 0 Å². The Morgan fingerprint density at radius 3 is 2.31 bits per heavy atom. The third-order valence-corrected chi connectivity index (χ3v) is 5.88. The lowest BCUT2D eigenvalue weighted by Gasteiger charge is -2.62. The molecule has 3 saturated carbocycles. The van der Waals surface area contributed by atoms with Crippen LogP contribution < -0.4 is 0 Å². The molecule has 0 heterocycles. The van der Waals surface area contributed by atoms with Crippen molar-refractivity contribution in [1.82, 2.24) is 0 Å². The highest BCUT2D eigenvalue weighted by Gasteiger charge is 2.75. The Kier molecular flexibility index (Phi) is 1.70. The zero-order valence-corrected chi connectivity index (χ0v) is 10.4. The first-order valence-electron chi connectivity index (χ1n) is 6.41. The van der Waals surface area contributed by atoms with E-state index < -0.39 is 0 Å². The van der Waals surface area contributed by atoms with E-state index >= 15 is 0 Å². The second-order valence-corrected chi connectivity index (χ2v) is 6.91. The Hall–Kier alpha value is -0.660. The maximum atomic E-state index is 12.3. The fraction of sp³-hybridized carbons (Fsp3) is 0.857. The average Bonchev–Trinajstić information content (AvgIpc) is 2.45. The quantitative estimate of drug-likeness (QED) is 0.629. The molecule has 0 bridgehead atoms. The van der Waals surface area contributed by atoms with Crippen LogP contribution in [0.15, 0.2) is 0 Å². The summed E-state index contributed by atoms with van der Waals surface area (Å²) in [7, 11) is 0. The molecular formula is C14H20O2. The molecule has 3 fully saturated rings. The van der Waals surface area contributed by atoms with E-state index in [-0.39, 0.29) is 16.2 Å². The molecule has 0 aromatic heterocycles. The molecule has 0 aromatic carbocycles. The standard InChI is InChI=1S/C14H20O2/c1-12(2)8-14-9(12)6-7-13(14,3)10(15)4-5-11(14)16/h9H,4-8H2,1-3H3/t9-,13-,14+/m0/s1. The number of hydrogen-bond acceptors (Lipinski definition) is 2. The Balaban J connectivity index is 2.11. The van der Waals surface area contributed by atoms with Gasteiger partial charge in [-0.05, 0) is 30.6 Å². The van der Waals surface area contributed by atoms with Crippen molar-refractivity contribution in [2.24, 2.45) is 22.2 Å². The fourth-order valence-electron chi connectivity index (χ4n) is 5.09. The normalized spacial score (nSPS) is 49.6. The first kappa shape index (κ1) is 10.5. The van der Waals surface area contributed by atoms with Gasteiger partial charge in [0.25, 0.3) is 0 Å². The molecular weight excluding hydrogens is 200 g/mol. The van der Waals surface area contributed by atoms with Crippen molar-refractivity contribution in [3.63, 3.8) is 0 Å². The molecule has 0 saturated heterocycles. The van der Waals surface area contributed by atoms with Crippen molar-refractivity contribution in [3.05, 3.63) is 0 Å². The second-order valence-electron chi connectivity index (χ2n) is 6.91. The Labute approximate surface area is 96.8 Å². The third-order valence-electron chi connectivity index (χ3n) is 5.88. The maximum Gasteiger partial charge on any atom is 0.140 e. The van der Waals surface area contributed by atoms with Gasteiger partial charge in [0, 0.05) is 23.7 Å². The van der Waals surface area contributed by atoms with Crippen LogP contribution in [0.25, 0.3) is 0 Å². The van der Waals surface area contributed by atoms with E-state index in [1.165, 1.54) is 0 Å². The van der Waals surface area contributed by atoms with Gasteiger partial charge in [-0.15, -0.1) is 0 Å². The van der Waals surface area contributed by atoms with Crippen LogP contribution in [0.3, 0.4) is 0 Å². The van der Waals surface area contributed by atoms with E-state index in [9.17, 15) is 9.59 Å². The van der Waals surface area contributed by atoms with E-state index in [1.807, 2.05) is 0 Å². The molecule has 0 radical (unpaired) electrons. The third kappa shape index (κ3) is 0.834. The average molecular weight is 220 g/mol. The summed E-state index contributed by atoms with van der Waals surface area (Å²) in [5.41, 5.74) is -0.306. The summed E-state index contributed by atoms with van der Waals surface area (Å²) >= 11 is 0. The number of hydrogen-bond donors (Lipinski definition) is 0. The largest absolute Gasteiger partial charge is 0.299 e. The zero-order valence-electron chi connectivity index (χ0n) is 10.4. The minimum atomic E-state index is -0.317. The van der Waals surface area contributed by atoms with Gasteiger partial charge in [-0.2, -0.15) is 0 Å². The van der Waals surface area contributed by atoms with Gasteiger partial charge in [0.05, 0.1) is 0 Å².